The smallest absolute Gasteiger partial charge is 0.353 e. The van der Waals surface area contributed by atoms with E-state index in [1.54, 1.807) is 11.8 Å². The molecule has 3 saturated heterocycles. The fraction of sp³-hybridized carbons (Fsp3) is 0.727. The van der Waals surface area contributed by atoms with E-state index in [0.29, 0.717) is 50.5 Å². The Bertz CT molecular complexity index is 910. The van der Waals surface area contributed by atoms with Crippen molar-refractivity contribution in [1.29, 1.82) is 0 Å². The number of hydrogen-bond donors (Lipinski definition) is 4. The van der Waals surface area contributed by atoms with Gasteiger partial charge in [0.25, 0.3) is 0 Å². The van der Waals surface area contributed by atoms with Crippen LogP contribution in [-0.2, 0) is 19.2 Å². The highest BCUT2D eigenvalue weighted by Crippen LogP contribution is 2.51. The standard InChI is InChI=1S/C22H32N4O7S/c1-11-17-16(12(2)27)21(31)26(17)18(22(32)33)19(11)34-13-8-14(23-9-13)20(30)25-5-3-4-24(6-7-25)10-15(28)29/h11-14,16-17,23,27H,3-10H2,1-2H3,(H,28,29)(H,32,33)/t11?,12?,13?,14?,16?,17-/m0/s1. The summed E-state index contributed by atoms with van der Waals surface area (Å²) in [5.74, 6) is -3.19. The number of carboxylic acids is 2. The third-order valence-corrected chi connectivity index (χ3v) is 8.76. The lowest BCUT2D eigenvalue weighted by molar-refractivity contribution is -0.163. The lowest BCUT2D eigenvalue weighted by Gasteiger charge is -2.46. The van der Waals surface area contributed by atoms with Crippen LogP contribution in [0.5, 0.6) is 0 Å². The summed E-state index contributed by atoms with van der Waals surface area (Å²) in [6.45, 7) is 6.18. The van der Waals surface area contributed by atoms with Gasteiger partial charge in [-0.25, -0.2) is 4.79 Å². The number of fused-ring (bicyclic) bond motifs is 1. The molecule has 0 spiro atoms. The summed E-state index contributed by atoms with van der Waals surface area (Å²) < 4.78 is 0. The molecule has 0 radical (unpaired) electrons. The lowest BCUT2D eigenvalue weighted by Crippen LogP contribution is -2.63. The molecule has 0 aliphatic carbocycles. The van der Waals surface area contributed by atoms with Gasteiger partial charge in [-0.1, -0.05) is 6.92 Å². The van der Waals surface area contributed by atoms with Crippen molar-refractivity contribution in [2.24, 2.45) is 11.8 Å². The van der Waals surface area contributed by atoms with Crippen LogP contribution in [0.1, 0.15) is 26.7 Å². The molecular formula is C22H32N4O7S. The van der Waals surface area contributed by atoms with Crippen LogP contribution in [0, 0.1) is 11.8 Å². The number of amides is 2. The lowest BCUT2D eigenvalue weighted by atomic mass is 9.79. The van der Waals surface area contributed by atoms with Crippen LogP contribution in [0.2, 0.25) is 0 Å². The topological polar surface area (TPSA) is 151 Å². The Labute approximate surface area is 202 Å². The van der Waals surface area contributed by atoms with Gasteiger partial charge in [-0.2, -0.15) is 0 Å². The zero-order valence-electron chi connectivity index (χ0n) is 19.3. The molecule has 0 saturated carbocycles. The molecule has 5 unspecified atom stereocenters. The first-order valence-corrected chi connectivity index (χ1v) is 12.6. The Morgan fingerprint density at radius 1 is 1.18 bits per heavy atom. The Balaban J connectivity index is 1.38. The minimum absolute atomic E-state index is 0.00483. The van der Waals surface area contributed by atoms with E-state index >= 15 is 0 Å². The maximum atomic E-state index is 13.1. The van der Waals surface area contributed by atoms with E-state index in [1.807, 2.05) is 11.8 Å². The molecule has 4 rings (SSSR count). The summed E-state index contributed by atoms with van der Waals surface area (Å²) >= 11 is 1.42. The number of nitrogens with zero attached hydrogens (tertiary/aromatic N) is 3. The van der Waals surface area contributed by atoms with E-state index in [-0.39, 0.29) is 47.3 Å². The number of aliphatic hydroxyl groups excluding tert-OH is 1. The average Bonchev–Trinajstić information content (AvgIpc) is 3.22. The number of aliphatic carboxylic acids is 2. The van der Waals surface area contributed by atoms with Gasteiger partial charge in [0, 0.05) is 48.8 Å². The first-order valence-electron chi connectivity index (χ1n) is 11.7. The fourth-order valence-corrected chi connectivity index (χ4v) is 7.08. The van der Waals surface area contributed by atoms with Crippen molar-refractivity contribution in [3.8, 4) is 0 Å². The van der Waals surface area contributed by atoms with Crippen LogP contribution in [0.15, 0.2) is 10.6 Å². The van der Waals surface area contributed by atoms with Gasteiger partial charge in [0.2, 0.25) is 11.8 Å². The maximum absolute atomic E-state index is 13.1. The van der Waals surface area contributed by atoms with Crippen LogP contribution >= 0.6 is 11.8 Å². The van der Waals surface area contributed by atoms with Gasteiger partial charge < -0.3 is 30.4 Å². The number of nitrogens with one attached hydrogen (secondary N) is 1. The molecule has 11 nitrogen and oxygen atoms in total. The largest absolute Gasteiger partial charge is 0.480 e. The highest BCUT2D eigenvalue weighted by atomic mass is 32.2. The molecule has 188 valence electrons. The molecule has 0 bridgehead atoms. The van der Waals surface area contributed by atoms with Crippen molar-refractivity contribution in [2.45, 2.75) is 50.1 Å². The third-order valence-electron chi connectivity index (χ3n) is 7.25. The Hall–Kier alpha value is -2.15. The summed E-state index contributed by atoms with van der Waals surface area (Å²) in [4.78, 5) is 54.2. The fourth-order valence-electron chi connectivity index (χ4n) is 5.60. The summed E-state index contributed by atoms with van der Waals surface area (Å²) in [7, 11) is 0. The zero-order chi connectivity index (χ0) is 24.7. The molecule has 6 atom stereocenters. The predicted molar refractivity (Wildman–Crippen MR) is 123 cm³/mol. The number of carbonyl (C=O) groups excluding carboxylic acids is 2. The molecule has 34 heavy (non-hydrogen) atoms. The predicted octanol–water partition coefficient (Wildman–Crippen LogP) is -0.777. The van der Waals surface area contributed by atoms with Crippen LogP contribution in [0.3, 0.4) is 0 Å². The van der Waals surface area contributed by atoms with Crippen LogP contribution < -0.4 is 5.32 Å². The summed E-state index contributed by atoms with van der Waals surface area (Å²) in [5.41, 5.74) is 0.00483. The first kappa shape index (κ1) is 25.0. The second-order valence-corrected chi connectivity index (χ2v) is 10.9. The number of β-lactam (4-membered cyclic amide) rings is 1. The van der Waals surface area contributed by atoms with Gasteiger partial charge in [0.15, 0.2) is 0 Å². The number of aliphatic hydroxyl groups is 1. The number of hydrogen-bond acceptors (Lipinski definition) is 8. The van der Waals surface area contributed by atoms with Crippen molar-refractivity contribution in [3.63, 3.8) is 0 Å². The minimum Gasteiger partial charge on any atom is -0.480 e. The highest BCUT2D eigenvalue weighted by molar-refractivity contribution is 8.03. The summed E-state index contributed by atoms with van der Waals surface area (Å²) in [5, 5.41) is 32.1. The molecule has 2 amide bonds. The molecule has 4 aliphatic heterocycles. The molecule has 4 N–H and O–H groups in total. The van der Waals surface area contributed by atoms with Crippen LogP contribution in [-0.4, -0.2) is 116 Å². The molecule has 4 heterocycles. The van der Waals surface area contributed by atoms with E-state index in [1.165, 1.54) is 16.7 Å². The summed E-state index contributed by atoms with van der Waals surface area (Å²) in [6, 6.07) is -0.725. The van der Waals surface area contributed by atoms with Gasteiger partial charge in [0.1, 0.15) is 5.70 Å². The second kappa shape index (κ2) is 9.84. The second-order valence-electron chi connectivity index (χ2n) is 9.56. The summed E-state index contributed by atoms with van der Waals surface area (Å²) in [6.07, 6.45) is 0.414. The molecule has 0 aromatic heterocycles. The molecule has 0 aromatic carbocycles. The molecule has 0 aromatic rings. The van der Waals surface area contributed by atoms with Gasteiger partial charge in [-0.3, -0.25) is 19.3 Å². The van der Waals surface area contributed by atoms with Gasteiger partial charge in [0.05, 0.1) is 30.7 Å². The average molecular weight is 497 g/mol. The highest BCUT2D eigenvalue weighted by Gasteiger charge is 2.60. The monoisotopic (exact) mass is 496 g/mol. The molecular weight excluding hydrogens is 464 g/mol. The Morgan fingerprint density at radius 2 is 1.91 bits per heavy atom. The number of carbonyl (C=O) groups is 4. The van der Waals surface area contributed by atoms with E-state index in [2.05, 4.69) is 5.32 Å². The third kappa shape index (κ3) is 4.56. The van der Waals surface area contributed by atoms with Gasteiger partial charge >= 0.3 is 11.9 Å². The van der Waals surface area contributed by atoms with Crippen molar-refractivity contribution in [3.05, 3.63) is 10.6 Å². The normalized spacial score (nSPS) is 32.9. The maximum Gasteiger partial charge on any atom is 0.353 e. The van der Waals surface area contributed by atoms with E-state index in [4.69, 9.17) is 5.11 Å². The van der Waals surface area contributed by atoms with Crippen molar-refractivity contribution < 1.29 is 34.5 Å². The van der Waals surface area contributed by atoms with Crippen molar-refractivity contribution in [2.75, 3.05) is 39.3 Å². The van der Waals surface area contributed by atoms with Crippen molar-refractivity contribution in [1.82, 2.24) is 20.0 Å². The molecule has 4 aliphatic rings. The SMILES string of the molecule is CC(O)C1C(=O)N2C(C(=O)O)=C(SC3CNC(C(=O)N4CCCN(CC(=O)O)CC4)C3)C(C)[C@@H]12. The van der Waals surface area contributed by atoms with E-state index < -0.39 is 24.0 Å². The quantitative estimate of drug-likeness (QED) is 0.331. The molecule has 3 fully saturated rings. The van der Waals surface area contributed by atoms with Gasteiger partial charge in [-0.15, -0.1) is 11.8 Å². The van der Waals surface area contributed by atoms with E-state index in [0.717, 1.165) is 0 Å². The number of carboxylic acid groups (broad SMARTS) is 2. The van der Waals surface area contributed by atoms with Crippen molar-refractivity contribution >= 4 is 35.5 Å². The zero-order valence-corrected chi connectivity index (χ0v) is 20.2. The van der Waals surface area contributed by atoms with Crippen LogP contribution in [0.25, 0.3) is 0 Å². The van der Waals surface area contributed by atoms with E-state index in [9.17, 15) is 29.4 Å². The van der Waals surface area contributed by atoms with Crippen LogP contribution in [0.4, 0.5) is 0 Å². The number of thioether (sulfide) groups is 1. The Kier molecular flexibility index (Phi) is 7.22. The molecule has 12 heteroatoms. The van der Waals surface area contributed by atoms with Gasteiger partial charge in [-0.05, 0) is 19.8 Å². The minimum atomic E-state index is -1.15. The Morgan fingerprint density at radius 3 is 2.56 bits per heavy atom. The first-order chi connectivity index (χ1) is 16.1. The number of rotatable bonds is 7.